The van der Waals surface area contributed by atoms with Gasteiger partial charge >= 0.3 is 0 Å². The van der Waals surface area contributed by atoms with Crippen LogP contribution in [0, 0.1) is 0 Å². The van der Waals surface area contributed by atoms with Crippen LogP contribution in [0.3, 0.4) is 0 Å². The fraction of sp³-hybridized carbons (Fsp3) is 0.542. The molecule has 0 radical (unpaired) electrons. The van der Waals surface area contributed by atoms with Crippen LogP contribution in [0.2, 0.25) is 0 Å². The van der Waals surface area contributed by atoms with E-state index in [1.165, 1.54) is 24.1 Å². The van der Waals surface area contributed by atoms with Crippen LogP contribution in [0.25, 0.3) is 0 Å². The van der Waals surface area contributed by atoms with Gasteiger partial charge < -0.3 is 15.5 Å². The summed E-state index contributed by atoms with van der Waals surface area (Å²) >= 11 is 0. The highest BCUT2D eigenvalue weighted by atomic mass is 16.1. The lowest BCUT2D eigenvalue weighted by atomic mass is 9.91. The van der Waals surface area contributed by atoms with Crippen LogP contribution >= 0.6 is 0 Å². The van der Waals surface area contributed by atoms with E-state index in [4.69, 9.17) is 9.97 Å². The van der Waals surface area contributed by atoms with Gasteiger partial charge in [0.25, 0.3) is 0 Å². The Morgan fingerprint density at radius 1 is 1.00 bits per heavy atom. The van der Waals surface area contributed by atoms with Crippen molar-refractivity contribution in [1.82, 2.24) is 15.3 Å². The number of hydrogen-bond acceptors (Lipinski definition) is 5. The van der Waals surface area contributed by atoms with E-state index < -0.39 is 0 Å². The molecule has 0 unspecified atom stereocenters. The van der Waals surface area contributed by atoms with Crippen molar-refractivity contribution >= 4 is 17.7 Å². The molecule has 2 aliphatic carbocycles. The Labute approximate surface area is 179 Å². The average Bonchev–Trinajstić information content (AvgIpc) is 2.75. The summed E-state index contributed by atoms with van der Waals surface area (Å²) in [5.41, 5.74) is 3.59. The lowest BCUT2D eigenvalue weighted by Crippen LogP contribution is -2.41. The minimum absolute atomic E-state index is 0.117. The highest BCUT2D eigenvalue weighted by Gasteiger charge is 2.24. The molecule has 160 valence electrons. The summed E-state index contributed by atoms with van der Waals surface area (Å²) in [7, 11) is 4.12. The predicted molar refractivity (Wildman–Crippen MR) is 121 cm³/mol. The number of benzene rings is 1. The summed E-state index contributed by atoms with van der Waals surface area (Å²) in [4.78, 5) is 24.1. The maximum Gasteiger partial charge on any atom is 0.225 e. The fourth-order valence-corrected chi connectivity index (χ4v) is 4.63. The summed E-state index contributed by atoms with van der Waals surface area (Å²) in [5, 5.41) is 6.79. The lowest BCUT2D eigenvalue weighted by molar-refractivity contribution is -0.121. The minimum Gasteiger partial charge on any atom is -0.362 e. The molecule has 1 aromatic carbocycles. The van der Waals surface area contributed by atoms with Crippen LogP contribution in [-0.2, 0) is 24.1 Å². The number of carbonyl (C=O) groups is 1. The van der Waals surface area contributed by atoms with Gasteiger partial charge in [-0.3, -0.25) is 4.79 Å². The summed E-state index contributed by atoms with van der Waals surface area (Å²) < 4.78 is 0. The molecule has 0 atom stereocenters. The van der Waals surface area contributed by atoms with E-state index in [-0.39, 0.29) is 11.9 Å². The van der Waals surface area contributed by atoms with Crippen LogP contribution in [-0.4, -0.2) is 42.1 Å². The van der Waals surface area contributed by atoms with E-state index in [0.717, 1.165) is 55.9 Å². The van der Waals surface area contributed by atoms with Gasteiger partial charge in [0.1, 0.15) is 5.82 Å². The quantitative estimate of drug-likeness (QED) is 0.767. The number of aromatic nitrogens is 2. The molecule has 0 bridgehead atoms. The Balaban J connectivity index is 1.30. The molecule has 2 aromatic rings. The smallest absolute Gasteiger partial charge is 0.225 e. The minimum atomic E-state index is 0.117. The third-order valence-corrected chi connectivity index (χ3v) is 6.22. The van der Waals surface area contributed by atoms with Crippen molar-refractivity contribution in [1.29, 1.82) is 0 Å². The Hall–Kier alpha value is -2.63. The van der Waals surface area contributed by atoms with Gasteiger partial charge in [0.2, 0.25) is 11.9 Å². The molecule has 6 heteroatoms. The summed E-state index contributed by atoms with van der Waals surface area (Å²) in [5.74, 6) is 1.94. The zero-order chi connectivity index (χ0) is 20.9. The predicted octanol–water partition coefficient (Wildman–Crippen LogP) is 3.50. The first-order valence-electron chi connectivity index (χ1n) is 11.3. The zero-order valence-electron chi connectivity index (χ0n) is 18.2. The van der Waals surface area contributed by atoms with Crippen LogP contribution in [0.5, 0.6) is 0 Å². The van der Waals surface area contributed by atoms with Crippen molar-refractivity contribution in [2.24, 2.45) is 0 Å². The number of hydrogen-bond donors (Lipinski definition) is 2. The lowest BCUT2D eigenvalue weighted by Gasteiger charge is -2.30. The van der Waals surface area contributed by atoms with Gasteiger partial charge in [0, 0.05) is 31.7 Å². The van der Waals surface area contributed by atoms with Gasteiger partial charge in [-0.2, -0.15) is 4.98 Å². The topological polar surface area (TPSA) is 70.2 Å². The Morgan fingerprint density at radius 3 is 2.43 bits per heavy atom. The van der Waals surface area contributed by atoms with Crippen molar-refractivity contribution in [2.45, 2.75) is 69.9 Å². The number of aryl methyl sites for hydroxylation is 1. The molecule has 1 saturated carbocycles. The molecular weight excluding hydrogens is 374 g/mol. The van der Waals surface area contributed by atoms with Crippen molar-refractivity contribution in [3.63, 3.8) is 0 Å². The number of fused-ring (bicyclic) bond motifs is 1. The van der Waals surface area contributed by atoms with Crippen LogP contribution in [0.1, 0.15) is 55.3 Å². The van der Waals surface area contributed by atoms with Gasteiger partial charge in [-0.25, -0.2) is 4.98 Å². The molecule has 0 saturated heterocycles. The first kappa shape index (κ1) is 20.6. The zero-order valence-corrected chi connectivity index (χ0v) is 18.2. The molecule has 1 amide bonds. The van der Waals surface area contributed by atoms with Gasteiger partial charge in [-0.1, -0.05) is 30.3 Å². The van der Waals surface area contributed by atoms with Crippen molar-refractivity contribution < 1.29 is 4.79 Å². The largest absolute Gasteiger partial charge is 0.362 e. The Kier molecular flexibility index (Phi) is 6.50. The number of rotatable bonds is 6. The molecule has 2 N–H and O–H groups in total. The number of nitrogens with zero attached hydrogens (tertiary/aromatic N) is 3. The van der Waals surface area contributed by atoms with E-state index >= 15 is 0 Å². The number of nitrogens with one attached hydrogen (secondary N) is 2. The summed E-state index contributed by atoms with van der Waals surface area (Å²) in [6.07, 6.45) is 9.04. The first-order chi connectivity index (χ1) is 14.6. The van der Waals surface area contributed by atoms with E-state index in [1.54, 1.807) is 0 Å². The summed E-state index contributed by atoms with van der Waals surface area (Å²) in [6.45, 7) is 0. The second-order valence-corrected chi connectivity index (χ2v) is 8.82. The third-order valence-electron chi connectivity index (χ3n) is 6.22. The van der Waals surface area contributed by atoms with Gasteiger partial charge in [-0.15, -0.1) is 0 Å². The first-order valence-corrected chi connectivity index (χ1v) is 11.3. The Morgan fingerprint density at radius 2 is 1.70 bits per heavy atom. The highest BCUT2D eigenvalue weighted by molar-refractivity contribution is 5.78. The molecule has 1 aromatic heterocycles. The van der Waals surface area contributed by atoms with E-state index in [0.29, 0.717) is 12.5 Å². The summed E-state index contributed by atoms with van der Waals surface area (Å²) in [6, 6.07) is 10.6. The number of amides is 1. The van der Waals surface area contributed by atoms with Gasteiger partial charge in [0.05, 0.1) is 12.1 Å². The maximum absolute atomic E-state index is 12.3. The van der Waals surface area contributed by atoms with Crippen LogP contribution < -0.4 is 15.5 Å². The van der Waals surface area contributed by atoms with Crippen molar-refractivity contribution in [2.75, 3.05) is 24.3 Å². The van der Waals surface area contributed by atoms with Crippen molar-refractivity contribution in [3.05, 3.63) is 47.2 Å². The molecular formula is C24H33N5O. The second-order valence-electron chi connectivity index (χ2n) is 8.82. The molecule has 0 aliphatic heterocycles. The molecule has 4 rings (SSSR count). The van der Waals surface area contributed by atoms with Crippen LogP contribution in [0.4, 0.5) is 11.8 Å². The SMILES string of the molecule is CN(C)c1nc(NC2CCC(NC(=O)Cc3ccccc3)CC2)nc2c1CCCC2. The van der Waals surface area contributed by atoms with Gasteiger partial charge in [0.15, 0.2) is 0 Å². The van der Waals surface area contributed by atoms with Crippen molar-refractivity contribution in [3.8, 4) is 0 Å². The molecule has 30 heavy (non-hydrogen) atoms. The van der Waals surface area contributed by atoms with E-state index in [9.17, 15) is 4.79 Å². The maximum atomic E-state index is 12.3. The van der Waals surface area contributed by atoms with Gasteiger partial charge in [-0.05, 0) is 56.9 Å². The number of anilines is 2. The average molecular weight is 408 g/mol. The third kappa shape index (κ3) is 5.10. The number of carbonyl (C=O) groups excluding carboxylic acids is 1. The fourth-order valence-electron chi connectivity index (χ4n) is 4.63. The highest BCUT2D eigenvalue weighted by Crippen LogP contribution is 2.29. The standard InChI is InChI=1S/C24H33N5O/c1-29(2)23-20-10-6-7-11-21(20)27-24(28-23)26-19-14-12-18(13-15-19)25-22(30)16-17-8-4-3-5-9-17/h3-5,8-9,18-19H,6-7,10-16H2,1-2H3,(H,25,30)(H,26,27,28). The normalized spacial score (nSPS) is 20.9. The molecule has 6 nitrogen and oxygen atoms in total. The second kappa shape index (κ2) is 9.45. The molecule has 2 aliphatic rings. The monoisotopic (exact) mass is 407 g/mol. The van der Waals surface area contributed by atoms with E-state index in [1.807, 2.05) is 30.3 Å². The molecule has 1 heterocycles. The van der Waals surface area contributed by atoms with Crippen LogP contribution in [0.15, 0.2) is 30.3 Å². The molecule has 1 fully saturated rings. The Bertz CT molecular complexity index is 859. The van der Waals surface area contributed by atoms with E-state index in [2.05, 4.69) is 29.6 Å². The molecule has 0 spiro atoms.